The Morgan fingerprint density at radius 2 is 2.17 bits per heavy atom. The van der Waals surface area contributed by atoms with E-state index in [1.807, 2.05) is 6.07 Å². The van der Waals surface area contributed by atoms with E-state index in [1.165, 1.54) is 10.8 Å². The smallest absolute Gasteiger partial charge is 0.346 e. The van der Waals surface area contributed by atoms with Crippen LogP contribution in [0.3, 0.4) is 0 Å². The highest BCUT2D eigenvalue weighted by Gasteiger charge is 2.15. The minimum Gasteiger partial charge on any atom is -0.467 e. The number of carbonyl (C=O) groups is 1. The highest BCUT2D eigenvalue weighted by atomic mass is 16.3. The summed E-state index contributed by atoms with van der Waals surface area (Å²) in [7, 11) is 1.59. The van der Waals surface area contributed by atoms with Crippen LogP contribution in [0.4, 0.5) is 0 Å². The van der Waals surface area contributed by atoms with Crippen molar-refractivity contribution < 1.29 is 9.21 Å². The predicted molar refractivity (Wildman–Crippen MR) is 81.3 cm³/mol. The molecular weight excluding hydrogens is 298 g/mol. The fraction of sp³-hybridized carbons (Fsp3) is 0.200. The molecule has 0 saturated carbocycles. The van der Waals surface area contributed by atoms with E-state index in [-0.39, 0.29) is 24.7 Å². The first kappa shape index (κ1) is 14.8. The van der Waals surface area contributed by atoms with Crippen molar-refractivity contribution in [3.8, 4) is 11.5 Å². The molecule has 0 aliphatic heterocycles. The molecule has 3 aromatic heterocycles. The predicted octanol–water partition coefficient (Wildman–Crippen LogP) is 0.553. The van der Waals surface area contributed by atoms with Crippen LogP contribution >= 0.6 is 0 Å². The van der Waals surface area contributed by atoms with E-state index in [0.29, 0.717) is 17.3 Å². The number of nitrogens with zero attached hydrogens (tertiary/aromatic N) is 4. The van der Waals surface area contributed by atoms with Crippen LogP contribution in [-0.2, 0) is 24.9 Å². The van der Waals surface area contributed by atoms with E-state index in [2.05, 4.69) is 15.4 Å². The van der Waals surface area contributed by atoms with Gasteiger partial charge in [-0.05, 0) is 24.3 Å². The molecule has 8 heteroatoms. The van der Waals surface area contributed by atoms with Gasteiger partial charge in [-0.2, -0.15) is 0 Å². The molecule has 0 saturated heterocycles. The highest BCUT2D eigenvalue weighted by molar-refractivity contribution is 5.75. The first-order chi connectivity index (χ1) is 11.1. The lowest BCUT2D eigenvalue weighted by Gasteiger charge is -2.02. The van der Waals surface area contributed by atoms with Gasteiger partial charge >= 0.3 is 5.69 Å². The van der Waals surface area contributed by atoms with Crippen LogP contribution < -0.4 is 11.0 Å². The lowest BCUT2D eigenvalue weighted by atomic mass is 10.3. The second-order valence-corrected chi connectivity index (χ2v) is 4.89. The van der Waals surface area contributed by atoms with Crippen LogP contribution in [-0.4, -0.2) is 25.2 Å². The summed E-state index contributed by atoms with van der Waals surface area (Å²) < 4.78 is 7.60. The van der Waals surface area contributed by atoms with Gasteiger partial charge in [0.2, 0.25) is 5.91 Å². The van der Waals surface area contributed by atoms with Gasteiger partial charge in [-0.1, -0.05) is 6.07 Å². The maximum atomic E-state index is 12.2. The molecule has 3 heterocycles. The third-order valence-electron chi connectivity index (χ3n) is 3.27. The number of pyridine rings is 1. The molecule has 0 aliphatic carbocycles. The largest absolute Gasteiger partial charge is 0.467 e. The van der Waals surface area contributed by atoms with Crippen LogP contribution in [0, 0.1) is 0 Å². The number of aromatic nitrogens is 4. The molecule has 8 nitrogen and oxygen atoms in total. The van der Waals surface area contributed by atoms with Crippen molar-refractivity contribution in [2.24, 2.45) is 7.05 Å². The van der Waals surface area contributed by atoms with E-state index >= 15 is 0 Å². The Morgan fingerprint density at radius 1 is 1.30 bits per heavy atom. The zero-order valence-corrected chi connectivity index (χ0v) is 12.5. The Kier molecular flexibility index (Phi) is 4.05. The van der Waals surface area contributed by atoms with Gasteiger partial charge < -0.3 is 9.73 Å². The molecule has 0 radical (unpaired) electrons. The molecule has 0 bridgehead atoms. The van der Waals surface area contributed by atoms with E-state index in [1.54, 1.807) is 37.5 Å². The molecule has 23 heavy (non-hydrogen) atoms. The van der Waals surface area contributed by atoms with Gasteiger partial charge in [0.1, 0.15) is 18.0 Å². The van der Waals surface area contributed by atoms with Crippen LogP contribution in [0.25, 0.3) is 11.5 Å². The summed E-state index contributed by atoms with van der Waals surface area (Å²) in [5.74, 6) is 0.726. The standard InChI is InChI=1S/C15H15N5O3/c1-19-14(12-6-2-3-7-16-12)18-20(15(19)22)10-13(21)17-9-11-5-4-8-23-11/h2-8H,9-10H2,1H3,(H,17,21). The molecule has 3 rings (SSSR count). The quantitative estimate of drug-likeness (QED) is 0.742. The average Bonchev–Trinajstić information content (AvgIpc) is 3.18. The molecule has 0 aliphatic rings. The Hall–Kier alpha value is -3.16. The molecule has 0 fully saturated rings. The molecule has 0 atom stereocenters. The third-order valence-corrected chi connectivity index (χ3v) is 3.27. The van der Waals surface area contributed by atoms with Gasteiger partial charge in [0.05, 0.1) is 12.8 Å². The number of furan rings is 1. The van der Waals surface area contributed by atoms with Gasteiger partial charge in [-0.15, -0.1) is 5.10 Å². The van der Waals surface area contributed by atoms with Gasteiger partial charge in [-0.3, -0.25) is 14.3 Å². The molecule has 0 aromatic carbocycles. The van der Waals surface area contributed by atoms with Gasteiger partial charge in [0, 0.05) is 13.2 Å². The van der Waals surface area contributed by atoms with Crippen molar-refractivity contribution >= 4 is 5.91 Å². The second kappa shape index (κ2) is 6.30. The van der Waals surface area contributed by atoms with Crippen molar-refractivity contribution in [3.63, 3.8) is 0 Å². The SMILES string of the molecule is Cn1c(-c2ccccn2)nn(CC(=O)NCc2ccco2)c1=O. The first-order valence-corrected chi connectivity index (χ1v) is 6.99. The number of hydrogen-bond donors (Lipinski definition) is 1. The fourth-order valence-electron chi connectivity index (χ4n) is 2.10. The zero-order valence-electron chi connectivity index (χ0n) is 12.5. The number of nitrogens with one attached hydrogen (secondary N) is 1. The summed E-state index contributed by atoms with van der Waals surface area (Å²) in [4.78, 5) is 28.3. The van der Waals surface area contributed by atoms with Crippen LogP contribution in [0.2, 0.25) is 0 Å². The van der Waals surface area contributed by atoms with Crippen molar-refractivity contribution in [1.29, 1.82) is 0 Å². The summed E-state index contributed by atoms with van der Waals surface area (Å²) in [5.41, 5.74) is 0.195. The lowest BCUT2D eigenvalue weighted by Crippen LogP contribution is -2.32. The van der Waals surface area contributed by atoms with Crippen molar-refractivity contribution in [2.45, 2.75) is 13.1 Å². The van der Waals surface area contributed by atoms with E-state index in [0.717, 1.165) is 4.68 Å². The highest BCUT2D eigenvalue weighted by Crippen LogP contribution is 2.10. The molecule has 1 N–H and O–H groups in total. The normalized spacial score (nSPS) is 10.7. The zero-order chi connectivity index (χ0) is 16.2. The maximum Gasteiger partial charge on any atom is 0.346 e. The molecule has 1 amide bonds. The Balaban J connectivity index is 1.73. The topological polar surface area (TPSA) is 94.9 Å². The summed E-state index contributed by atoms with van der Waals surface area (Å²) >= 11 is 0. The monoisotopic (exact) mass is 313 g/mol. The van der Waals surface area contributed by atoms with Gasteiger partial charge in [-0.25, -0.2) is 9.48 Å². The molecular formula is C15H15N5O3. The second-order valence-electron chi connectivity index (χ2n) is 4.89. The maximum absolute atomic E-state index is 12.2. The van der Waals surface area contributed by atoms with Crippen molar-refractivity contribution in [1.82, 2.24) is 24.6 Å². The third kappa shape index (κ3) is 3.20. The summed E-state index contributed by atoms with van der Waals surface area (Å²) in [5, 5.41) is 6.86. The molecule has 118 valence electrons. The molecule has 0 spiro atoms. The lowest BCUT2D eigenvalue weighted by molar-refractivity contribution is -0.122. The first-order valence-electron chi connectivity index (χ1n) is 6.99. The summed E-state index contributed by atoms with van der Waals surface area (Å²) in [6.45, 7) is 0.0979. The Bertz CT molecular complexity index is 849. The Labute approximate surface area is 131 Å². The van der Waals surface area contributed by atoms with Crippen molar-refractivity contribution in [3.05, 3.63) is 59.0 Å². The average molecular weight is 313 g/mol. The minimum atomic E-state index is -0.376. The number of rotatable bonds is 5. The molecule has 3 aromatic rings. The minimum absolute atomic E-state index is 0.166. The van der Waals surface area contributed by atoms with Crippen LogP contribution in [0.15, 0.2) is 52.0 Å². The fourth-order valence-corrected chi connectivity index (χ4v) is 2.10. The van der Waals surface area contributed by atoms with Gasteiger partial charge in [0.15, 0.2) is 5.82 Å². The van der Waals surface area contributed by atoms with E-state index < -0.39 is 0 Å². The van der Waals surface area contributed by atoms with Crippen LogP contribution in [0.5, 0.6) is 0 Å². The van der Waals surface area contributed by atoms with E-state index in [4.69, 9.17) is 4.42 Å². The van der Waals surface area contributed by atoms with Gasteiger partial charge in [0.25, 0.3) is 0 Å². The molecule has 0 unspecified atom stereocenters. The number of amides is 1. The van der Waals surface area contributed by atoms with E-state index in [9.17, 15) is 9.59 Å². The number of hydrogen-bond acceptors (Lipinski definition) is 5. The van der Waals surface area contributed by atoms with Crippen molar-refractivity contribution in [2.75, 3.05) is 0 Å². The summed E-state index contributed by atoms with van der Waals surface area (Å²) in [6.07, 6.45) is 3.15. The van der Waals surface area contributed by atoms with Crippen LogP contribution in [0.1, 0.15) is 5.76 Å². The number of carbonyl (C=O) groups excluding carboxylic acids is 1. The summed E-state index contributed by atoms with van der Waals surface area (Å²) in [6, 6.07) is 8.84. The Morgan fingerprint density at radius 3 is 2.87 bits per heavy atom.